The van der Waals surface area contributed by atoms with Crippen molar-refractivity contribution in [2.24, 2.45) is 0 Å². The SMILES string of the molecule is CC.CC.CC.CN(C)C.O=Cc1ccccc1. The van der Waals surface area contributed by atoms with Crippen LogP contribution in [0.2, 0.25) is 0 Å². The minimum absolute atomic E-state index is 0.729. The Labute approximate surface area is 115 Å². The smallest absolute Gasteiger partial charge is 0.150 e. The van der Waals surface area contributed by atoms with Gasteiger partial charge in [0.2, 0.25) is 0 Å². The molecule has 108 valence electrons. The molecule has 0 radical (unpaired) electrons. The van der Waals surface area contributed by atoms with Crippen molar-refractivity contribution in [2.45, 2.75) is 41.5 Å². The molecule has 1 aromatic carbocycles. The third kappa shape index (κ3) is 36.4. The van der Waals surface area contributed by atoms with Crippen LogP contribution in [0.25, 0.3) is 0 Å². The predicted octanol–water partition coefficient (Wildman–Crippen LogP) is 4.76. The molecule has 0 fully saturated rings. The zero-order valence-electron chi connectivity index (χ0n) is 13.8. The normalized spacial score (nSPS) is 6.78. The van der Waals surface area contributed by atoms with Crippen LogP contribution in [0.4, 0.5) is 0 Å². The number of nitrogens with zero attached hydrogens (tertiary/aromatic N) is 1. The van der Waals surface area contributed by atoms with Gasteiger partial charge < -0.3 is 4.90 Å². The van der Waals surface area contributed by atoms with Crippen LogP contribution in [0, 0.1) is 0 Å². The van der Waals surface area contributed by atoms with Gasteiger partial charge in [0.25, 0.3) is 0 Å². The summed E-state index contributed by atoms with van der Waals surface area (Å²) in [6.45, 7) is 12.0. The number of hydrogen-bond acceptors (Lipinski definition) is 2. The minimum atomic E-state index is 0.729. The molecule has 0 atom stereocenters. The van der Waals surface area contributed by atoms with E-state index in [0.29, 0.717) is 0 Å². The van der Waals surface area contributed by atoms with Crippen LogP contribution in [0.5, 0.6) is 0 Å². The van der Waals surface area contributed by atoms with Crippen molar-refractivity contribution in [3.8, 4) is 0 Å². The summed E-state index contributed by atoms with van der Waals surface area (Å²) in [6.07, 6.45) is 0.833. The lowest BCUT2D eigenvalue weighted by Crippen LogP contribution is -1.99. The molecular weight excluding hydrogens is 222 g/mol. The summed E-state index contributed by atoms with van der Waals surface area (Å²) in [5.74, 6) is 0. The van der Waals surface area contributed by atoms with Gasteiger partial charge in [-0.15, -0.1) is 0 Å². The first-order valence-electron chi connectivity index (χ1n) is 6.78. The quantitative estimate of drug-likeness (QED) is 0.675. The third-order valence-corrected chi connectivity index (χ3v) is 0.936. The van der Waals surface area contributed by atoms with Gasteiger partial charge in [0.1, 0.15) is 6.29 Å². The minimum Gasteiger partial charge on any atom is -0.312 e. The van der Waals surface area contributed by atoms with Crippen LogP contribution in [-0.2, 0) is 0 Å². The van der Waals surface area contributed by atoms with Gasteiger partial charge >= 0.3 is 0 Å². The Hall–Kier alpha value is -1.15. The summed E-state index contributed by atoms with van der Waals surface area (Å²) in [4.78, 5) is 12.0. The van der Waals surface area contributed by atoms with Gasteiger partial charge in [-0.1, -0.05) is 71.9 Å². The molecule has 1 aromatic rings. The Balaban J connectivity index is -0.0000000841. The van der Waals surface area contributed by atoms with Crippen molar-refractivity contribution in [1.29, 1.82) is 0 Å². The van der Waals surface area contributed by atoms with E-state index in [-0.39, 0.29) is 0 Å². The molecular formula is C16H33NO. The predicted molar refractivity (Wildman–Crippen MR) is 85.5 cm³/mol. The fourth-order valence-corrected chi connectivity index (χ4v) is 0.532. The first-order valence-corrected chi connectivity index (χ1v) is 6.78. The van der Waals surface area contributed by atoms with Crippen LogP contribution < -0.4 is 0 Å². The average molecular weight is 255 g/mol. The van der Waals surface area contributed by atoms with Crippen LogP contribution in [0.15, 0.2) is 30.3 Å². The molecule has 0 saturated heterocycles. The number of aldehydes is 1. The monoisotopic (exact) mass is 255 g/mol. The van der Waals surface area contributed by atoms with Crippen LogP contribution >= 0.6 is 0 Å². The highest BCUT2D eigenvalue weighted by molar-refractivity contribution is 5.74. The number of rotatable bonds is 1. The molecule has 0 N–H and O–H groups in total. The Bertz CT molecular complexity index is 205. The lowest BCUT2D eigenvalue weighted by molar-refractivity contribution is 0.112. The molecule has 0 aliphatic rings. The molecule has 0 unspecified atom stereocenters. The number of carbonyl (C=O) groups excluding carboxylic acids is 1. The van der Waals surface area contributed by atoms with E-state index in [0.717, 1.165) is 11.8 Å². The van der Waals surface area contributed by atoms with Gasteiger partial charge in [0.05, 0.1) is 0 Å². The molecule has 18 heavy (non-hydrogen) atoms. The second-order valence-corrected chi connectivity index (χ2v) is 2.87. The maximum absolute atomic E-state index is 10.0. The van der Waals surface area contributed by atoms with Gasteiger partial charge in [0.15, 0.2) is 0 Å². The zero-order chi connectivity index (χ0) is 15.4. The van der Waals surface area contributed by atoms with Crippen molar-refractivity contribution < 1.29 is 4.79 Å². The highest BCUT2D eigenvalue weighted by Gasteiger charge is 1.79. The number of carbonyl (C=O) groups is 1. The Morgan fingerprint density at radius 1 is 0.778 bits per heavy atom. The zero-order valence-corrected chi connectivity index (χ0v) is 13.8. The van der Waals surface area contributed by atoms with Crippen molar-refractivity contribution in [3.05, 3.63) is 35.9 Å². The summed E-state index contributed by atoms with van der Waals surface area (Å²) < 4.78 is 0. The highest BCUT2D eigenvalue weighted by atomic mass is 16.1. The molecule has 0 amide bonds. The van der Waals surface area contributed by atoms with Gasteiger partial charge in [0, 0.05) is 5.56 Å². The third-order valence-electron chi connectivity index (χ3n) is 0.936. The van der Waals surface area contributed by atoms with E-state index in [9.17, 15) is 4.79 Å². The molecule has 1 rings (SSSR count). The summed E-state index contributed by atoms with van der Waals surface area (Å²) in [7, 11) is 6.00. The maximum atomic E-state index is 10.0. The van der Waals surface area contributed by atoms with E-state index in [4.69, 9.17) is 0 Å². The van der Waals surface area contributed by atoms with Crippen LogP contribution in [-0.4, -0.2) is 32.3 Å². The summed E-state index contributed by atoms with van der Waals surface area (Å²) in [5, 5.41) is 0. The maximum Gasteiger partial charge on any atom is 0.150 e. The summed E-state index contributed by atoms with van der Waals surface area (Å²) in [5.41, 5.74) is 0.729. The van der Waals surface area contributed by atoms with E-state index in [1.807, 2.05) is 85.8 Å². The second-order valence-electron chi connectivity index (χ2n) is 2.87. The Morgan fingerprint density at radius 2 is 1.06 bits per heavy atom. The molecule has 0 spiro atoms. The molecule has 0 aromatic heterocycles. The van der Waals surface area contributed by atoms with E-state index < -0.39 is 0 Å². The molecule has 0 bridgehead atoms. The van der Waals surface area contributed by atoms with Gasteiger partial charge in [-0.2, -0.15) is 0 Å². The molecule has 0 aliphatic heterocycles. The fourth-order valence-electron chi connectivity index (χ4n) is 0.532. The first kappa shape index (κ1) is 25.6. The van der Waals surface area contributed by atoms with Crippen molar-refractivity contribution in [2.75, 3.05) is 21.1 Å². The number of hydrogen-bond donors (Lipinski definition) is 0. The van der Waals surface area contributed by atoms with Gasteiger partial charge in [-0.05, 0) is 21.1 Å². The van der Waals surface area contributed by atoms with Gasteiger partial charge in [-0.3, -0.25) is 4.79 Å². The first-order chi connectivity index (χ1) is 8.66. The van der Waals surface area contributed by atoms with Gasteiger partial charge in [-0.25, -0.2) is 0 Å². The lowest BCUT2D eigenvalue weighted by atomic mass is 10.2. The standard InChI is InChI=1S/C7H6O.C3H9N.3C2H6/c8-6-7-4-2-1-3-5-7;1-4(2)3;3*1-2/h1-6H;1-3H3;3*1-2H3. The topological polar surface area (TPSA) is 20.3 Å². The van der Waals surface area contributed by atoms with E-state index >= 15 is 0 Å². The largest absolute Gasteiger partial charge is 0.312 e. The summed E-state index contributed by atoms with van der Waals surface area (Å²) >= 11 is 0. The second kappa shape index (κ2) is 29.7. The highest BCUT2D eigenvalue weighted by Crippen LogP contribution is 1.91. The van der Waals surface area contributed by atoms with E-state index in [1.165, 1.54) is 0 Å². The molecule has 0 aliphatic carbocycles. The Morgan fingerprint density at radius 3 is 1.22 bits per heavy atom. The fraction of sp³-hybridized carbons (Fsp3) is 0.562. The average Bonchev–Trinajstić information content (AvgIpc) is 2.46. The molecule has 2 heteroatoms. The lowest BCUT2D eigenvalue weighted by Gasteiger charge is -1.90. The van der Waals surface area contributed by atoms with Crippen molar-refractivity contribution in [1.82, 2.24) is 4.90 Å². The molecule has 0 saturated carbocycles. The molecule has 0 heterocycles. The van der Waals surface area contributed by atoms with E-state index in [2.05, 4.69) is 0 Å². The number of benzene rings is 1. The van der Waals surface area contributed by atoms with Crippen molar-refractivity contribution >= 4 is 6.29 Å². The van der Waals surface area contributed by atoms with Crippen LogP contribution in [0.1, 0.15) is 51.9 Å². The Kier molecular flexibility index (Phi) is 42.3. The summed E-state index contributed by atoms with van der Waals surface area (Å²) in [6, 6.07) is 9.10. The molecule has 2 nitrogen and oxygen atoms in total. The van der Waals surface area contributed by atoms with Crippen molar-refractivity contribution in [3.63, 3.8) is 0 Å². The van der Waals surface area contributed by atoms with Crippen LogP contribution in [0.3, 0.4) is 0 Å². The van der Waals surface area contributed by atoms with E-state index in [1.54, 1.807) is 12.1 Å².